The molecule has 0 saturated heterocycles. The Balaban J connectivity index is 1.03. The first-order valence-electron chi connectivity index (χ1n) is 30.5. The van der Waals surface area contributed by atoms with Gasteiger partial charge in [-0.1, -0.05) is 199 Å². The molecule has 13 heteroatoms. The van der Waals surface area contributed by atoms with Gasteiger partial charge in [-0.2, -0.15) is 13.2 Å². The standard InChI is InChI=1S/C79H50B2F5N5S/c82-52-44-61(51-26-8-1-9-27-51)76(66(83)45-52)91-70-47-59(87(53-28-10-2-11-29-53)54-30-12-3-13-31-54)46-69-74(70)80(62-40-22-24-42-67(62)89(69)57-36-18-6-19-37-57)64-50-65-78(73(77(64)91)79(84,85)86)92-72-49-60(88(55-32-14-4-15-33-55)56-34-16-5-17-35-56)48-71-75(72)81(65)63-41-23-25-43-68(63)90(71)58-38-20-7-21-39-58/h1-50H. The molecule has 0 N–H and O–H groups in total. The summed E-state index contributed by atoms with van der Waals surface area (Å²) in [4.78, 5) is 10.8. The highest BCUT2D eigenvalue weighted by molar-refractivity contribution is 8.00. The average molecular weight is 1220 g/mol. The van der Waals surface area contributed by atoms with E-state index in [0.717, 1.165) is 91.1 Å². The highest BCUT2D eigenvalue weighted by Crippen LogP contribution is 2.56. The Labute approximate surface area is 534 Å². The van der Waals surface area contributed by atoms with Crippen molar-refractivity contribution in [2.45, 2.75) is 16.0 Å². The molecule has 0 bridgehead atoms. The van der Waals surface area contributed by atoms with Crippen LogP contribution in [-0.4, -0.2) is 13.4 Å². The Hall–Kier alpha value is -11.0. The fraction of sp³-hybridized carbons (Fsp3) is 0.0127. The molecular weight excluding hydrogens is 1170 g/mol. The molecule has 0 spiro atoms. The van der Waals surface area contributed by atoms with E-state index in [1.807, 2.05) is 231 Å². The van der Waals surface area contributed by atoms with Crippen molar-refractivity contribution in [3.05, 3.63) is 321 Å². The van der Waals surface area contributed by atoms with Crippen molar-refractivity contribution in [1.82, 2.24) is 0 Å². The van der Waals surface area contributed by atoms with E-state index in [0.29, 0.717) is 43.9 Å². The van der Waals surface area contributed by atoms with Gasteiger partial charge in [-0.25, -0.2) is 8.78 Å². The predicted molar refractivity (Wildman–Crippen MR) is 370 cm³/mol. The van der Waals surface area contributed by atoms with Crippen LogP contribution in [0.4, 0.5) is 107 Å². The van der Waals surface area contributed by atoms with Crippen LogP contribution in [0.5, 0.6) is 0 Å². The third kappa shape index (κ3) is 8.85. The van der Waals surface area contributed by atoms with Gasteiger partial charge in [0.15, 0.2) is 5.82 Å². The van der Waals surface area contributed by atoms with Crippen LogP contribution in [0.2, 0.25) is 0 Å². The van der Waals surface area contributed by atoms with Crippen LogP contribution in [0.25, 0.3) is 11.1 Å². The van der Waals surface area contributed by atoms with Crippen LogP contribution in [0, 0.1) is 11.6 Å². The first kappa shape index (κ1) is 55.1. The van der Waals surface area contributed by atoms with Gasteiger partial charge >= 0.3 is 6.18 Å². The molecule has 0 unspecified atom stereocenters. The Morgan fingerprint density at radius 1 is 0.337 bits per heavy atom. The third-order valence-corrected chi connectivity index (χ3v) is 19.3. The molecule has 0 aliphatic carbocycles. The Morgan fingerprint density at radius 2 is 0.739 bits per heavy atom. The number of hydrogen-bond acceptors (Lipinski definition) is 6. The maximum atomic E-state index is 18.5. The van der Waals surface area contributed by atoms with Crippen LogP contribution in [0.1, 0.15) is 5.56 Å². The zero-order valence-corrected chi connectivity index (χ0v) is 49.9. The summed E-state index contributed by atoms with van der Waals surface area (Å²) in [7, 11) is 0. The second-order valence-corrected chi connectivity index (χ2v) is 24.4. The number of anilines is 15. The van der Waals surface area contributed by atoms with Crippen LogP contribution in [0.3, 0.4) is 0 Å². The monoisotopic (exact) mass is 1220 g/mol. The van der Waals surface area contributed by atoms with Gasteiger partial charge in [0.2, 0.25) is 6.71 Å². The highest BCUT2D eigenvalue weighted by Gasteiger charge is 2.53. The van der Waals surface area contributed by atoms with Crippen molar-refractivity contribution in [2.75, 3.05) is 24.5 Å². The van der Waals surface area contributed by atoms with E-state index in [9.17, 15) is 0 Å². The van der Waals surface area contributed by atoms with Crippen LogP contribution >= 0.6 is 11.8 Å². The van der Waals surface area contributed by atoms with Crippen molar-refractivity contribution >= 4 is 143 Å². The molecule has 13 aromatic rings. The van der Waals surface area contributed by atoms with E-state index >= 15 is 22.0 Å². The second kappa shape index (κ2) is 21.9. The van der Waals surface area contributed by atoms with Gasteiger partial charge in [-0.3, -0.25) is 0 Å². The van der Waals surface area contributed by atoms with Gasteiger partial charge in [0.1, 0.15) is 5.82 Å². The highest BCUT2D eigenvalue weighted by atomic mass is 32.2. The maximum Gasteiger partial charge on any atom is 0.419 e. The molecule has 4 aliphatic heterocycles. The lowest BCUT2D eigenvalue weighted by Gasteiger charge is -2.47. The van der Waals surface area contributed by atoms with Crippen LogP contribution in [-0.2, 0) is 6.18 Å². The minimum atomic E-state index is -5.10. The Kier molecular flexibility index (Phi) is 13.1. The molecule has 0 fully saturated rings. The molecule has 13 aromatic carbocycles. The topological polar surface area (TPSA) is 16.2 Å². The second-order valence-electron chi connectivity index (χ2n) is 23.3. The maximum absolute atomic E-state index is 18.5. The molecule has 0 saturated carbocycles. The number of alkyl halides is 3. The summed E-state index contributed by atoms with van der Waals surface area (Å²) in [5.41, 5.74) is 12.6. The van der Waals surface area contributed by atoms with E-state index in [2.05, 4.69) is 49.9 Å². The number of benzene rings is 13. The lowest BCUT2D eigenvalue weighted by Crippen LogP contribution is -2.65. The molecular formula is C79H50B2F5N5S. The van der Waals surface area contributed by atoms with Gasteiger partial charge in [0.05, 0.1) is 22.6 Å². The quantitative estimate of drug-likeness (QED) is 0.0995. The molecule has 0 aromatic heterocycles. The molecule has 4 aliphatic rings. The summed E-state index contributed by atoms with van der Waals surface area (Å²) in [5, 5.41) is 0. The van der Waals surface area contributed by atoms with Gasteiger partial charge < -0.3 is 24.5 Å². The summed E-state index contributed by atoms with van der Waals surface area (Å²) < 4.78 is 89.8. The van der Waals surface area contributed by atoms with Gasteiger partial charge in [0, 0.05) is 89.7 Å². The summed E-state index contributed by atoms with van der Waals surface area (Å²) in [6.45, 7) is -1.61. The smallest absolute Gasteiger partial charge is 0.311 e. The van der Waals surface area contributed by atoms with E-state index in [1.165, 1.54) is 11.0 Å². The summed E-state index contributed by atoms with van der Waals surface area (Å²) in [5.74, 6) is -1.91. The van der Waals surface area contributed by atoms with E-state index in [4.69, 9.17) is 0 Å². The van der Waals surface area contributed by atoms with Crippen molar-refractivity contribution in [3.8, 4) is 11.1 Å². The SMILES string of the molecule is Fc1cc(F)c(N2c3cc(N(c4ccccc4)c4ccccc4)cc4c3B(c3ccccc3N4c3ccccc3)c3cc4c(c(C(F)(F)F)c32)Sc2cc(N(c3ccccc3)c3ccccc3)cc3c2B4c2ccccc2N3c2ccccc2)c(-c2ccccc2)c1. The Morgan fingerprint density at radius 3 is 1.22 bits per heavy atom. The fourth-order valence-electron chi connectivity index (χ4n) is 14.5. The molecule has 438 valence electrons. The van der Waals surface area contributed by atoms with Crippen LogP contribution in [0.15, 0.2) is 313 Å². The molecule has 92 heavy (non-hydrogen) atoms. The normalized spacial score (nSPS) is 13.1. The van der Waals surface area contributed by atoms with Crippen molar-refractivity contribution in [1.29, 1.82) is 0 Å². The van der Waals surface area contributed by atoms with Crippen LogP contribution < -0.4 is 57.3 Å². The minimum Gasteiger partial charge on any atom is -0.311 e. The molecule has 0 atom stereocenters. The Bertz CT molecular complexity index is 4940. The fourth-order valence-corrected chi connectivity index (χ4v) is 15.9. The minimum absolute atomic E-state index is 0.00963. The van der Waals surface area contributed by atoms with E-state index in [-0.39, 0.29) is 21.8 Å². The average Bonchev–Trinajstić information content (AvgIpc) is 0.681. The van der Waals surface area contributed by atoms with Gasteiger partial charge in [-0.05, 0) is 148 Å². The predicted octanol–water partition coefficient (Wildman–Crippen LogP) is 18.4. The zero-order chi connectivity index (χ0) is 61.8. The number of rotatable bonds is 10. The lowest BCUT2D eigenvalue weighted by molar-refractivity contribution is -0.139. The lowest BCUT2D eigenvalue weighted by atomic mass is 9.30. The molecule has 0 amide bonds. The van der Waals surface area contributed by atoms with E-state index in [1.54, 1.807) is 30.3 Å². The first-order valence-corrected chi connectivity index (χ1v) is 31.3. The molecule has 4 heterocycles. The van der Waals surface area contributed by atoms with Crippen molar-refractivity contribution in [2.24, 2.45) is 0 Å². The zero-order valence-electron chi connectivity index (χ0n) is 49.1. The van der Waals surface area contributed by atoms with Crippen molar-refractivity contribution < 1.29 is 22.0 Å². The summed E-state index contributed by atoms with van der Waals surface area (Å²) in [6.07, 6.45) is -5.10. The number of hydrogen-bond donors (Lipinski definition) is 0. The molecule has 5 nitrogen and oxygen atoms in total. The number of nitrogens with zero attached hydrogens (tertiary/aromatic N) is 5. The largest absolute Gasteiger partial charge is 0.419 e. The van der Waals surface area contributed by atoms with E-state index < -0.39 is 36.8 Å². The number of halogens is 5. The molecule has 17 rings (SSSR count). The van der Waals surface area contributed by atoms with Crippen molar-refractivity contribution in [3.63, 3.8) is 0 Å². The third-order valence-electron chi connectivity index (χ3n) is 18.1. The summed E-state index contributed by atoms with van der Waals surface area (Å²) >= 11 is 1.10. The first-order chi connectivity index (χ1) is 45.2. The van der Waals surface area contributed by atoms with Gasteiger partial charge in [0.25, 0.3) is 6.71 Å². The summed E-state index contributed by atoms with van der Waals surface area (Å²) in [6, 6.07) is 96.8. The van der Waals surface area contributed by atoms with Gasteiger partial charge in [-0.15, -0.1) is 0 Å². The number of para-hydroxylation sites is 8. The number of fused-ring (bicyclic) bond motifs is 8. The molecule has 0 radical (unpaired) electrons.